The number of fused-ring (bicyclic) bond motifs is 1. The Morgan fingerprint density at radius 1 is 1.16 bits per heavy atom. The predicted octanol–water partition coefficient (Wildman–Crippen LogP) is 2.97. The van der Waals surface area contributed by atoms with Crippen LogP contribution >= 0.6 is 11.8 Å². The van der Waals surface area contributed by atoms with E-state index >= 15 is 0 Å². The number of primary amides is 1. The van der Waals surface area contributed by atoms with Crippen molar-refractivity contribution >= 4 is 28.6 Å². The van der Waals surface area contributed by atoms with Gasteiger partial charge in [0.15, 0.2) is 5.16 Å². The minimum atomic E-state index is -0.367. The van der Waals surface area contributed by atoms with E-state index in [1.807, 2.05) is 50.2 Å². The minimum absolute atomic E-state index is 0.115. The quantitative estimate of drug-likeness (QED) is 0.565. The molecule has 0 spiro atoms. The molecule has 5 nitrogen and oxygen atoms in total. The highest BCUT2D eigenvalue weighted by atomic mass is 32.2. The Balaban J connectivity index is 2.18. The van der Waals surface area contributed by atoms with Gasteiger partial charge in [-0.3, -0.25) is 14.2 Å². The van der Waals surface area contributed by atoms with E-state index in [2.05, 4.69) is 4.98 Å². The number of carbonyl (C=O) groups excluding carboxylic acids is 1. The van der Waals surface area contributed by atoms with Gasteiger partial charge in [-0.25, -0.2) is 4.98 Å². The van der Waals surface area contributed by atoms with E-state index in [0.717, 1.165) is 16.8 Å². The number of hydrogen-bond donors (Lipinski definition) is 1. The van der Waals surface area contributed by atoms with Crippen LogP contribution in [-0.2, 0) is 4.79 Å². The average Bonchev–Trinajstić information content (AvgIpc) is 2.58. The van der Waals surface area contributed by atoms with Crippen LogP contribution in [0.3, 0.4) is 0 Å². The van der Waals surface area contributed by atoms with E-state index in [1.54, 1.807) is 10.6 Å². The molecule has 3 aromatic rings. The fraction of sp³-hybridized carbons (Fsp3) is 0.211. The van der Waals surface area contributed by atoms with Gasteiger partial charge in [0.25, 0.3) is 5.56 Å². The van der Waals surface area contributed by atoms with Gasteiger partial charge in [0.1, 0.15) is 0 Å². The fourth-order valence-electron chi connectivity index (χ4n) is 2.54. The summed E-state index contributed by atoms with van der Waals surface area (Å²) in [4.78, 5) is 28.7. The summed E-state index contributed by atoms with van der Waals surface area (Å²) in [5.74, 6) is 0.110. The van der Waals surface area contributed by atoms with Gasteiger partial charge < -0.3 is 5.73 Å². The van der Waals surface area contributed by atoms with E-state index < -0.39 is 0 Å². The van der Waals surface area contributed by atoms with Crippen LogP contribution in [0.1, 0.15) is 17.5 Å². The Morgan fingerprint density at radius 3 is 2.64 bits per heavy atom. The zero-order chi connectivity index (χ0) is 18.0. The Kier molecular flexibility index (Phi) is 4.90. The van der Waals surface area contributed by atoms with E-state index in [9.17, 15) is 9.59 Å². The maximum Gasteiger partial charge on any atom is 0.266 e. The molecule has 0 fully saturated rings. The molecule has 0 aliphatic rings. The Labute approximate surface area is 149 Å². The van der Waals surface area contributed by atoms with Crippen LogP contribution < -0.4 is 11.3 Å². The van der Waals surface area contributed by atoms with Gasteiger partial charge in [-0.05, 0) is 49.2 Å². The largest absolute Gasteiger partial charge is 0.370 e. The Morgan fingerprint density at radius 2 is 1.92 bits per heavy atom. The highest BCUT2D eigenvalue weighted by Crippen LogP contribution is 2.23. The number of benzene rings is 2. The second-order valence-electron chi connectivity index (χ2n) is 5.89. The lowest BCUT2D eigenvalue weighted by atomic mass is 10.1. The maximum atomic E-state index is 13.1. The van der Waals surface area contributed by atoms with Crippen LogP contribution in [0.25, 0.3) is 16.6 Å². The van der Waals surface area contributed by atoms with E-state index in [-0.39, 0.29) is 17.9 Å². The van der Waals surface area contributed by atoms with Crippen molar-refractivity contribution in [3.63, 3.8) is 0 Å². The smallest absolute Gasteiger partial charge is 0.266 e. The molecule has 1 heterocycles. The van der Waals surface area contributed by atoms with E-state index in [0.29, 0.717) is 21.8 Å². The number of aryl methyl sites for hydroxylation is 2. The molecule has 1 aromatic heterocycles. The minimum Gasteiger partial charge on any atom is -0.370 e. The summed E-state index contributed by atoms with van der Waals surface area (Å²) in [5, 5.41) is 1.13. The molecule has 6 heteroatoms. The van der Waals surface area contributed by atoms with Crippen molar-refractivity contribution in [2.45, 2.75) is 25.4 Å². The van der Waals surface area contributed by atoms with Crippen molar-refractivity contribution in [3.8, 4) is 5.69 Å². The van der Waals surface area contributed by atoms with E-state index in [4.69, 9.17) is 5.73 Å². The standard InChI is InChI=1S/C19H19N3O2S/c1-12-7-8-14(11-13(12)2)22-18(24)15-5-3-4-6-16(15)21-19(22)25-10-9-17(20)23/h3-8,11H,9-10H2,1-2H3,(H2,20,23). The average molecular weight is 353 g/mol. The summed E-state index contributed by atoms with van der Waals surface area (Å²) in [6.45, 7) is 4.04. The lowest BCUT2D eigenvalue weighted by molar-refractivity contribution is -0.117. The molecule has 128 valence electrons. The zero-order valence-corrected chi connectivity index (χ0v) is 15.0. The van der Waals surface area contributed by atoms with Crippen molar-refractivity contribution in [1.29, 1.82) is 0 Å². The number of thioether (sulfide) groups is 1. The summed E-state index contributed by atoms with van der Waals surface area (Å²) in [5.41, 5.74) is 8.79. The molecule has 0 aliphatic heterocycles. The van der Waals surface area contributed by atoms with Gasteiger partial charge in [0.2, 0.25) is 5.91 Å². The molecule has 0 saturated carbocycles. The second kappa shape index (κ2) is 7.11. The third-order valence-electron chi connectivity index (χ3n) is 4.07. The number of nitrogens with two attached hydrogens (primary N) is 1. The highest BCUT2D eigenvalue weighted by Gasteiger charge is 2.14. The van der Waals surface area contributed by atoms with Crippen molar-refractivity contribution in [3.05, 3.63) is 63.9 Å². The fourth-order valence-corrected chi connectivity index (χ4v) is 3.51. The summed E-state index contributed by atoms with van der Waals surface area (Å²) in [6.07, 6.45) is 0.236. The number of carbonyl (C=O) groups is 1. The summed E-state index contributed by atoms with van der Waals surface area (Å²) in [7, 11) is 0. The number of aromatic nitrogens is 2. The molecule has 0 radical (unpaired) electrons. The van der Waals surface area contributed by atoms with Crippen LogP contribution in [0, 0.1) is 13.8 Å². The molecule has 3 rings (SSSR count). The number of nitrogens with zero attached hydrogens (tertiary/aromatic N) is 2. The summed E-state index contributed by atoms with van der Waals surface area (Å²) < 4.78 is 1.61. The zero-order valence-electron chi connectivity index (χ0n) is 14.2. The Bertz CT molecular complexity index is 1010. The molecule has 25 heavy (non-hydrogen) atoms. The van der Waals surface area contributed by atoms with Crippen LogP contribution in [0.5, 0.6) is 0 Å². The predicted molar refractivity (Wildman–Crippen MR) is 101 cm³/mol. The Hall–Kier alpha value is -2.60. The normalized spacial score (nSPS) is 11.0. The summed E-state index contributed by atoms with van der Waals surface area (Å²) in [6, 6.07) is 13.2. The first-order chi connectivity index (χ1) is 12.0. The first-order valence-corrected chi connectivity index (χ1v) is 8.96. The SMILES string of the molecule is Cc1ccc(-n2c(SCCC(N)=O)nc3ccccc3c2=O)cc1C. The molecule has 2 aromatic carbocycles. The number of para-hydroxylation sites is 1. The topological polar surface area (TPSA) is 78.0 Å². The molecule has 0 bridgehead atoms. The van der Waals surface area contributed by atoms with Gasteiger partial charge in [-0.2, -0.15) is 0 Å². The number of amides is 1. The monoisotopic (exact) mass is 353 g/mol. The summed E-state index contributed by atoms with van der Waals surface area (Å²) >= 11 is 1.36. The lowest BCUT2D eigenvalue weighted by Crippen LogP contribution is -2.22. The highest BCUT2D eigenvalue weighted by molar-refractivity contribution is 7.99. The number of hydrogen-bond acceptors (Lipinski definition) is 4. The van der Waals surface area contributed by atoms with Crippen LogP contribution in [0.2, 0.25) is 0 Å². The first-order valence-electron chi connectivity index (χ1n) is 7.98. The molecule has 0 atom stereocenters. The van der Waals surface area contributed by atoms with Crippen molar-refractivity contribution in [2.75, 3.05) is 5.75 Å². The second-order valence-corrected chi connectivity index (χ2v) is 6.95. The molecule has 1 amide bonds. The number of rotatable bonds is 5. The maximum absolute atomic E-state index is 13.1. The van der Waals surface area contributed by atoms with Crippen molar-refractivity contribution in [2.24, 2.45) is 5.73 Å². The van der Waals surface area contributed by atoms with Crippen LogP contribution in [0.4, 0.5) is 0 Å². The molecule has 2 N–H and O–H groups in total. The van der Waals surface area contributed by atoms with Crippen molar-refractivity contribution < 1.29 is 4.79 Å². The van der Waals surface area contributed by atoms with Gasteiger partial charge in [0.05, 0.1) is 16.6 Å². The van der Waals surface area contributed by atoms with Gasteiger partial charge in [-0.1, -0.05) is 30.0 Å². The molecular formula is C19H19N3O2S. The molecule has 0 unspecified atom stereocenters. The first kappa shape index (κ1) is 17.2. The van der Waals surface area contributed by atoms with Crippen molar-refractivity contribution in [1.82, 2.24) is 9.55 Å². The lowest BCUT2D eigenvalue weighted by Gasteiger charge is -2.14. The van der Waals surface area contributed by atoms with Gasteiger partial charge >= 0.3 is 0 Å². The van der Waals surface area contributed by atoms with Crippen LogP contribution in [0.15, 0.2) is 52.4 Å². The molecule has 0 saturated heterocycles. The molecule has 0 aliphatic carbocycles. The molecular weight excluding hydrogens is 334 g/mol. The van der Waals surface area contributed by atoms with Gasteiger partial charge in [-0.15, -0.1) is 0 Å². The third kappa shape index (κ3) is 3.58. The van der Waals surface area contributed by atoms with Gasteiger partial charge in [0, 0.05) is 12.2 Å². The van der Waals surface area contributed by atoms with E-state index in [1.165, 1.54) is 11.8 Å². The van der Waals surface area contributed by atoms with Crippen LogP contribution in [-0.4, -0.2) is 21.2 Å². The third-order valence-corrected chi connectivity index (χ3v) is 5.01.